The normalized spacial score (nSPS) is 11.1. The Kier molecular flexibility index (Phi) is 5.55. The molecule has 5 aromatic rings. The van der Waals surface area contributed by atoms with Crippen molar-refractivity contribution in [3.05, 3.63) is 75.4 Å². The Morgan fingerprint density at radius 1 is 1.09 bits per heavy atom. The number of fused-ring (bicyclic) bond motifs is 3. The minimum Gasteiger partial charge on any atom is -0.495 e. The van der Waals surface area contributed by atoms with Crippen LogP contribution in [0.4, 0.5) is 5.82 Å². The summed E-state index contributed by atoms with van der Waals surface area (Å²) in [4.78, 5) is 47.0. The molecule has 0 spiro atoms. The molecule has 0 atom stereocenters. The zero-order chi connectivity index (χ0) is 23.7. The summed E-state index contributed by atoms with van der Waals surface area (Å²) < 4.78 is 6.48. The number of carbonyl (C=O) groups is 1. The number of methoxy groups -OCH3 is 1. The van der Waals surface area contributed by atoms with Gasteiger partial charge in [0.2, 0.25) is 11.1 Å². The molecule has 0 aliphatic rings. The van der Waals surface area contributed by atoms with Gasteiger partial charge in [0.25, 0.3) is 5.56 Å². The lowest BCUT2D eigenvalue weighted by molar-refractivity contribution is -0.113. The number of aromatic amines is 2. The van der Waals surface area contributed by atoms with Crippen LogP contribution in [0.25, 0.3) is 27.8 Å². The van der Waals surface area contributed by atoms with E-state index in [1.165, 1.54) is 7.11 Å². The number of rotatable bonds is 6. The Hall–Kier alpha value is -4.45. The average molecular weight is 475 g/mol. The van der Waals surface area contributed by atoms with Gasteiger partial charge in [0.05, 0.1) is 18.6 Å². The third-order valence-electron chi connectivity index (χ3n) is 4.97. The Morgan fingerprint density at radius 3 is 2.74 bits per heavy atom. The van der Waals surface area contributed by atoms with Crippen LogP contribution in [0.3, 0.4) is 0 Å². The van der Waals surface area contributed by atoms with E-state index in [0.29, 0.717) is 27.8 Å². The Labute approximate surface area is 195 Å². The van der Waals surface area contributed by atoms with Gasteiger partial charge in [-0.1, -0.05) is 42.1 Å². The summed E-state index contributed by atoms with van der Waals surface area (Å²) in [5.41, 5.74) is 1.12. The van der Waals surface area contributed by atoms with Gasteiger partial charge in [-0.3, -0.25) is 14.6 Å². The molecule has 3 N–H and O–H groups in total. The Bertz CT molecular complexity index is 1660. The predicted molar refractivity (Wildman–Crippen MR) is 128 cm³/mol. The third kappa shape index (κ3) is 4.01. The van der Waals surface area contributed by atoms with Crippen LogP contribution in [0.15, 0.2) is 69.3 Å². The number of thioether (sulfide) groups is 1. The van der Waals surface area contributed by atoms with Crippen LogP contribution in [0, 0.1) is 0 Å². The van der Waals surface area contributed by atoms with E-state index in [9.17, 15) is 14.4 Å². The molecule has 0 aliphatic carbocycles. The number of H-pyrrole nitrogens is 2. The first-order valence-electron chi connectivity index (χ1n) is 10.1. The predicted octanol–water partition coefficient (Wildman–Crippen LogP) is 2.08. The first-order valence-corrected chi connectivity index (χ1v) is 11.1. The van der Waals surface area contributed by atoms with Gasteiger partial charge in [-0.15, -0.1) is 10.2 Å². The quantitative estimate of drug-likeness (QED) is 0.316. The molecule has 3 aromatic heterocycles. The van der Waals surface area contributed by atoms with Gasteiger partial charge in [-0.05, 0) is 18.2 Å². The Morgan fingerprint density at radius 2 is 1.88 bits per heavy atom. The highest BCUT2D eigenvalue weighted by Crippen LogP contribution is 2.25. The topological polar surface area (TPSA) is 148 Å². The smallest absolute Gasteiger partial charge is 0.334 e. The number of nitrogens with one attached hydrogen (secondary N) is 3. The molecule has 0 radical (unpaired) electrons. The minimum atomic E-state index is -0.711. The molecule has 3 heterocycles. The average Bonchev–Trinajstić information content (AvgIpc) is 3.20. The molecule has 1 amide bonds. The molecule has 0 saturated carbocycles. The van der Waals surface area contributed by atoms with Crippen molar-refractivity contribution >= 4 is 45.6 Å². The van der Waals surface area contributed by atoms with E-state index in [1.54, 1.807) is 24.3 Å². The number of anilines is 1. The highest BCUT2D eigenvalue weighted by molar-refractivity contribution is 7.99. The number of amides is 1. The molecule has 11 nitrogen and oxygen atoms in total. The highest BCUT2D eigenvalue weighted by atomic mass is 32.2. The molecular formula is C22H17N7O4S. The monoisotopic (exact) mass is 475 g/mol. The number of benzene rings is 2. The number of para-hydroxylation sites is 3. The molecule has 34 heavy (non-hydrogen) atoms. The Balaban J connectivity index is 1.38. The van der Waals surface area contributed by atoms with Gasteiger partial charge in [-0.25, -0.2) is 14.3 Å². The van der Waals surface area contributed by atoms with Crippen molar-refractivity contribution in [2.45, 2.75) is 5.16 Å². The zero-order valence-corrected chi connectivity index (χ0v) is 18.5. The number of hydrogen-bond acceptors (Lipinski definition) is 8. The van der Waals surface area contributed by atoms with E-state index in [4.69, 9.17) is 4.74 Å². The molecule has 170 valence electrons. The van der Waals surface area contributed by atoms with Gasteiger partial charge in [0.15, 0.2) is 5.65 Å². The summed E-state index contributed by atoms with van der Waals surface area (Å²) in [5, 5.41) is 12.2. The molecule has 0 bridgehead atoms. The lowest BCUT2D eigenvalue weighted by Crippen LogP contribution is -2.32. The molecule has 12 heteroatoms. The fourth-order valence-corrected chi connectivity index (χ4v) is 4.10. The van der Waals surface area contributed by atoms with Crippen LogP contribution in [0.5, 0.6) is 5.75 Å². The van der Waals surface area contributed by atoms with Gasteiger partial charge in [0.1, 0.15) is 17.1 Å². The maximum absolute atomic E-state index is 12.7. The number of hydrogen-bond donors (Lipinski definition) is 3. The molecule has 0 unspecified atom stereocenters. The van der Waals surface area contributed by atoms with E-state index >= 15 is 0 Å². The summed E-state index contributed by atoms with van der Waals surface area (Å²) in [7, 11) is 1.46. The van der Waals surface area contributed by atoms with E-state index in [2.05, 4.69) is 30.5 Å². The standard InChI is InChI=1S/C22H17N7O4S/c1-33-15-9-5-4-8-14(15)29-16(10-17(30)25-22(29)32)24-18(31)11-34-21-26-20-19(27-28-21)12-6-2-3-7-13(12)23-20/h2-10H,11H2,1H3,(H,24,31)(H,23,26,28)(H,25,30,32). The largest absolute Gasteiger partial charge is 0.495 e. The number of aromatic nitrogens is 6. The van der Waals surface area contributed by atoms with Crippen molar-refractivity contribution in [1.29, 1.82) is 0 Å². The molecule has 0 fully saturated rings. The van der Waals surface area contributed by atoms with Crippen LogP contribution in [-0.4, -0.2) is 48.5 Å². The van der Waals surface area contributed by atoms with E-state index in [-0.39, 0.29) is 11.6 Å². The van der Waals surface area contributed by atoms with E-state index < -0.39 is 17.2 Å². The second kappa shape index (κ2) is 8.83. The van der Waals surface area contributed by atoms with E-state index in [1.807, 2.05) is 24.3 Å². The SMILES string of the molecule is COc1ccccc1-n1c(NC(=O)CSc2nnc3c(n2)[nH]c2ccccc23)cc(=O)[nH]c1=O. The second-order valence-electron chi connectivity index (χ2n) is 7.13. The van der Waals surface area contributed by atoms with Crippen molar-refractivity contribution in [2.24, 2.45) is 0 Å². The van der Waals surface area contributed by atoms with Crippen LogP contribution in [0.1, 0.15) is 0 Å². The summed E-state index contributed by atoms with van der Waals surface area (Å²) >= 11 is 1.08. The number of ether oxygens (including phenoxy) is 1. The van der Waals surface area contributed by atoms with Crippen LogP contribution < -0.4 is 21.3 Å². The van der Waals surface area contributed by atoms with Crippen molar-refractivity contribution < 1.29 is 9.53 Å². The maximum atomic E-state index is 12.7. The first kappa shape index (κ1) is 21.4. The molecule has 0 saturated heterocycles. The fourth-order valence-electron chi connectivity index (χ4n) is 3.52. The minimum absolute atomic E-state index is 0.00830. The lowest BCUT2D eigenvalue weighted by atomic mass is 10.2. The fraction of sp³-hybridized carbons (Fsp3) is 0.0909. The molecular weight excluding hydrogens is 458 g/mol. The van der Waals surface area contributed by atoms with Crippen molar-refractivity contribution in [2.75, 3.05) is 18.2 Å². The van der Waals surface area contributed by atoms with Crippen LogP contribution >= 0.6 is 11.8 Å². The number of nitrogens with zero attached hydrogens (tertiary/aromatic N) is 4. The highest BCUT2D eigenvalue weighted by Gasteiger charge is 2.16. The molecule has 2 aromatic carbocycles. The molecule has 5 rings (SSSR count). The second-order valence-corrected chi connectivity index (χ2v) is 8.07. The van der Waals surface area contributed by atoms with Crippen molar-refractivity contribution in [3.8, 4) is 11.4 Å². The summed E-state index contributed by atoms with van der Waals surface area (Å²) in [6.07, 6.45) is 0. The van der Waals surface area contributed by atoms with Crippen molar-refractivity contribution in [3.63, 3.8) is 0 Å². The summed E-state index contributed by atoms with van der Waals surface area (Å²) in [5.74, 6) is -0.124. The van der Waals surface area contributed by atoms with Crippen LogP contribution in [0.2, 0.25) is 0 Å². The zero-order valence-electron chi connectivity index (χ0n) is 17.7. The van der Waals surface area contributed by atoms with Crippen molar-refractivity contribution in [1.82, 2.24) is 29.7 Å². The maximum Gasteiger partial charge on any atom is 0.334 e. The van der Waals surface area contributed by atoms with E-state index in [0.717, 1.165) is 33.3 Å². The summed E-state index contributed by atoms with van der Waals surface area (Å²) in [6, 6.07) is 15.5. The third-order valence-corrected chi connectivity index (χ3v) is 5.81. The van der Waals surface area contributed by atoms with Gasteiger partial charge < -0.3 is 15.0 Å². The lowest BCUT2D eigenvalue weighted by Gasteiger charge is -2.15. The van der Waals surface area contributed by atoms with Crippen LogP contribution in [-0.2, 0) is 4.79 Å². The van der Waals surface area contributed by atoms with Gasteiger partial charge >= 0.3 is 5.69 Å². The molecule has 0 aliphatic heterocycles. The summed E-state index contributed by atoms with van der Waals surface area (Å²) in [6.45, 7) is 0. The first-order chi connectivity index (χ1) is 16.5. The van der Waals surface area contributed by atoms with Gasteiger partial charge in [-0.2, -0.15) is 0 Å². The number of carbonyl (C=O) groups excluding carboxylic acids is 1. The van der Waals surface area contributed by atoms with Gasteiger partial charge in [0, 0.05) is 17.0 Å².